The first-order valence-corrected chi connectivity index (χ1v) is 9.71. The van der Waals surface area contributed by atoms with Crippen LogP contribution in [0.4, 0.5) is 5.69 Å². The molecule has 0 bridgehead atoms. The van der Waals surface area contributed by atoms with Crippen molar-refractivity contribution in [2.24, 2.45) is 5.10 Å². The van der Waals surface area contributed by atoms with Crippen LogP contribution in [0, 0.1) is 18.3 Å². The van der Waals surface area contributed by atoms with Crippen LogP contribution in [0.25, 0.3) is 0 Å². The first kappa shape index (κ1) is 22.8. The maximum Gasteiger partial charge on any atom is 0.278 e. The Kier molecular flexibility index (Phi) is 8.78. The summed E-state index contributed by atoms with van der Waals surface area (Å²) in [5, 5.41) is 13.3. The fourth-order valence-electron chi connectivity index (χ4n) is 2.91. The first-order valence-electron chi connectivity index (χ1n) is 9.71. The fourth-order valence-corrected chi connectivity index (χ4v) is 2.91. The van der Waals surface area contributed by atoms with E-state index in [1.54, 1.807) is 26.3 Å². The van der Waals surface area contributed by atoms with Crippen molar-refractivity contribution in [3.63, 3.8) is 0 Å². The molecule has 1 N–H and O–H groups in total. The number of rotatable bonds is 10. The van der Waals surface area contributed by atoms with E-state index in [0.717, 1.165) is 24.3 Å². The second-order valence-corrected chi connectivity index (χ2v) is 6.49. The normalized spacial score (nSPS) is 10.6. The van der Waals surface area contributed by atoms with Gasteiger partial charge in [0.2, 0.25) is 5.88 Å². The number of amides is 1. The Morgan fingerprint density at radius 2 is 2.00 bits per heavy atom. The van der Waals surface area contributed by atoms with Crippen LogP contribution in [0.5, 0.6) is 5.88 Å². The molecule has 1 aromatic heterocycles. The smallest absolute Gasteiger partial charge is 0.278 e. The highest BCUT2D eigenvalue weighted by Gasteiger charge is 2.14. The van der Waals surface area contributed by atoms with Gasteiger partial charge in [-0.15, -0.1) is 0 Å². The molecule has 1 aromatic carbocycles. The van der Waals surface area contributed by atoms with Crippen LogP contribution in [0.15, 0.2) is 35.4 Å². The first-order chi connectivity index (χ1) is 14.5. The molecule has 0 aliphatic carbocycles. The minimum absolute atomic E-state index is 0.107. The molecule has 1 heterocycles. The Hall–Kier alpha value is -3.44. The van der Waals surface area contributed by atoms with Gasteiger partial charge in [0.15, 0.2) is 6.61 Å². The quantitative estimate of drug-likeness (QED) is 0.478. The number of methoxy groups -OCH3 is 1. The molecule has 2 rings (SSSR count). The molecule has 2 aromatic rings. The van der Waals surface area contributed by atoms with Crippen molar-refractivity contribution < 1.29 is 14.3 Å². The lowest BCUT2D eigenvalue weighted by atomic mass is 10.1. The Morgan fingerprint density at radius 3 is 2.60 bits per heavy atom. The molecule has 0 aliphatic heterocycles. The average Bonchev–Trinajstić information content (AvgIpc) is 2.74. The third kappa shape index (κ3) is 6.29. The number of benzene rings is 1. The molecule has 0 spiro atoms. The molecule has 0 saturated carbocycles. The molecule has 0 radical (unpaired) electrons. The number of carbonyl (C=O) groups is 1. The topological polar surface area (TPSA) is 99.8 Å². The van der Waals surface area contributed by atoms with Crippen LogP contribution in [0.2, 0.25) is 0 Å². The third-order valence-electron chi connectivity index (χ3n) is 4.37. The maximum atomic E-state index is 12.0. The Bertz CT molecular complexity index is 916. The lowest BCUT2D eigenvalue weighted by molar-refractivity contribution is -0.123. The van der Waals surface area contributed by atoms with Gasteiger partial charge in [0.25, 0.3) is 5.91 Å². The Morgan fingerprint density at radius 1 is 1.30 bits per heavy atom. The predicted molar refractivity (Wildman–Crippen MR) is 116 cm³/mol. The molecular formula is C22H27N5O3. The molecule has 158 valence electrons. The van der Waals surface area contributed by atoms with Gasteiger partial charge in [-0.1, -0.05) is 12.1 Å². The summed E-state index contributed by atoms with van der Waals surface area (Å²) in [6.07, 6.45) is 1.56. The number of aryl methyl sites for hydroxylation is 1. The summed E-state index contributed by atoms with van der Waals surface area (Å²) in [6, 6.07) is 11.7. The van der Waals surface area contributed by atoms with E-state index in [2.05, 4.69) is 40.3 Å². The van der Waals surface area contributed by atoms with Crippen molar-refractivity contribution in [3.05, 3.63) is 52.7 Å². The SMILES string of the molecule is CCN(CC)c1ccc(/C=N/NC(=O)COc2nc(C)cc(COC)c2C#N)cc1. The van der Waals surface area contributed by atoms with Crippen LogP contribution < -0.4 is 15.1 Å². The lowest BCUT2D eigenvalue weighted by Crippen LogP contribution is -2.25. The van der Waals surface area contributed by atoms with E-state index < -0.39 is 5.91 Å². The fraction of sp³-hybridized carbons (Fsp3) is 0.364. The number of aromatic nitrogens is 1. The second-order valence-electron chi connectivity index (χ2n) is 6.49. The minimum atomic E-state index is -0.452. The zero-order valence-electron chi connectivity index (χ0n) is 17.8. The third-order valence-corrected chi connectivity index (χ3v) is 4.37. The van der Waals surface area contributed by atoms with E-state index in [1.807, 2.05) is 24.3 Å². The highest BCUT2D eigenvalue weighted by atomic mass is 16.5. The van der Waals surface area contributed by atoms with Gasteiger partial charge >= 0.3 is 0 Å². The molecule has 30 heavy (non-hydrogen) atoms. The maximum absolute atomic E-state index is 12.0. The molecule has 0 saturated heterocycles. The van der Waals surface area contributed by atoms with Gasteiger partial charge in [0.1, 0.15) is 11.6 Å². The Labute approximate surface area is 177 Å². The van der Waals surface area contributed by atoms with Gasteiger partial charge < -0.3 is 14.4 Å². The van der Waals surface area contributed by atoms with Gasteiger partial charge in [-0.25, -0.2) is 10.4 Å². The number of hydrogen-bond acceptors (Lipinski definition) is 7. The largest absolute Gasteiger partial charge is 0.467 e. The number of ether oxygens (including phenoxy) is 2. The summed E-state index contributed by atoms with van der Waals surface area (Å²) < 4.78 is 10.5. The predicted octanol–water partition coefficient (Wildman–Crippen LogP) is 2.78. The molecule has 8 heteroatoms. The molecule has 1 amide bonds. The number of nitrogens with zero attached hydrogens (tertiary/aromatic N) is 4. The van der Waals surface area contributed by atoms with Crippen molar-refractivity contribution in [3.8, 4) is 11.9 Å². The summed E-state index contributed by atoms with van der Waals surface area (Å²) in [7, 11) is 1.54. The summed E-state index contributed by atoms with van der Waals surface area (Å²) in [5.41, 5.74) is 6.00. The van der Waals surface area contributed by atoms with Crippen LogP contribution in [-0.2, 0) is 16.1 Å². The van der Waals surface area contributed by atoms with Gasteiger partial charge in [0.05, 0.1) is 12.8 Å². The summed E-state index contributed by atoms with van der Waals surface area (Å²) in [6.45, 7) is 7.83. The van der Waals surface area contributed by atoms with E-state index in [1.165, 1.54) is 0 Å². The zero-order valence-corrected chi connectivity index (χ0v) is 17.8. The highest BCUT2D eigenvalue weighted by Crippen LogP contribution is 2.21. The van der Waals surface area contributed by atoms with Crippen molar-refractivity contribution in [2.45, 2.75) is 27.4 Å². The van der Waals surface area contributed by atoms with Gasteiger partial charge in [-0.2, -0.15) is 10.4 Å². The van der Waals surface area contributed by atoms with E-state index in [9.17, 15) is 10.1 Å². The van der Waals surface area contributed by atoms with Gasteiger partial charge in [0, 0.05) is 37.1 Å². The minimum Gasteiger partial charge on any atom is -0.467 e. The number of pyridine rings is 1. The van der Waals surface area contributed by atoms with Crippen molar-refractivity contribution in [1.29, 1.82) is 5.26 Å². The standard InChI is InChI=1S/C22H27N5O3/c1-5-27(6-2)19-9-7-17(8-10-19)13-24-26-21(28)15-30-22-20(12-23)18(14-29-4)11-16(3)25-22/h7-11,13H,5-6,14-15H2,1-4H3,(H,26,28)/b24-13+. The molecule has 0 unspecified atom stereocenters. The lowest BCUT2D eigenvalue weighted by Gasteiger charge is -2.20. The second kappa shape index (κ2) is 11.5. The molecular weight excluding hydrogens is 382 g/mol. The van der Waals surface area contributed by atoms with Crippen molar-refractivity contribution in [1.82, 2.24) is 10.4 Å². The average molecular weight is 409 g/mol. The summed E-state index contributed by atoms with van der Waals surface area (Å²) in [5.74, 6) is -0.345. The summed E-state index contributed by atoms with van der Waals surface area (Å²) in [4.78, 5) is 18.5. The number of hydrazone groups is 1. The van der Waals surface area contributed by atoms with Crippen molar-refractivity contribution >= 4 is 17.8 Å². The van der Waals surface area contributed by atoms with Crippen LogP contribution in [0.3, 0.4) is 0 Å². The number of nitriles is 1. The molecule has 0 aliphatic rings. The number of hydrogen-bond donors (Lipinski definition) is 1. The monoisotopic (exact) mass is 409 g/mol. The summed E-state index contributed by atoms with van der Waals surface area (Å²) >= 11 is 0. The highest BCUT2D eigenvalue weighted by molar-refractivity contribution is 5.83. The zero-order chi connectivity index (χ0) is 21.9. The molecule has 0 atom stereocenters. The molecule has 8 nitrogen and oxygen atoms in total. The number of carbonyl (C=O) groups excluding carboxylic acids is 1. The van der Waals surface area contributed by atoms with Gasteiger partial charge in [-0.3, -0.25) is 4.79 Å². The van der Waals surface area contributed by atoms with E-state index in [-0.39, 0.29) is 24.7 Å². The van der Waals surface area contributed by atoms with Crippen molar-refractivity contribution in [2.75, 3.05) is 31.7 Å². The van der Waals surface area contributed by atoms with Gasteiger partial charge in [-0.05, 0) is 44.5 Å². The van der Waals surface area contributed by atoms with Crippen LogP contribution >= 0.6 is 0 Å². The van der Waals surface area contributed by atoms with E-state index in [4.69, 9.17) is 9.47 Å². The van der Waals surface area contributed by atoms with E-state index in [0.29, 0.717) is 11.3 Å². The van der Waals surface area contributed by atoms with E-state index >= 15 is 0 Å². The van der Waals surface area contributed by atoms with Crippen LogP contribution in [-0.4, -0.2) is 43.9 Å². The number of anilines is 1. The Balaban J connectivity index is 1.93. The number of nitrogens with one attached hydrogen (secondary N) is 1. The molecule has 0 fully saturated rings. The van der Waals surface area contributed by atoms with Crippen LogP contribution in [0.1, 0.15) is 36.2 Å².